The lowest BCUT2D eigenvalue weighted by Gasteiger charge is -2.13. The van der Waals surface area contributed by atoms with Crippen LogP contribution in [0.5, 0.6) is 0 Å². The number of hydrogen-bond donors (Lipinski definition) is 2. The Hall–Kier alpha value is -0.340. The van der Waals surface area contributed by atoms with Crippen molar-refractivity contribution in [2.45, 2.75) is 32.2 Å². The van der Waals surface area contributed by atoms with Crippen molar-refractivity contribution in [2.24, 2.45) is 5.73 Å². The third kappa shape index (κ3) is 6.07. The second-order valence-corrected chi connectivity index (χ2v) is 2.73. The maximum Gasteiger partial charge on any atom is 0.0187 e. The van der Waals surface area contributed by atoms with Crippen LogP contribution in [-0.4, -0.2) is 19.1 Å². The highest BCUT2D eigenvalue weighted by Crippen LogP contribution is 1.90. The highest BCUT2D eigenvalue weighted by molar-refractivity contribution is 4.69. The number of hydrogen-bond acceptors (Lipinski definition) is 2. The van der Waals surface area contributed by atoms with Crippen LogP contribution in [-0.2, 0) is 0 Å². The van der Waals surface area contributed by atoms with E-state index in [1.165, 1.54) is 6.42 Å². The molecule has 0 radical (unpaired) electrons. The molecular formula is C9H20N2. The minimum Gasteiger partial charge on any atom is -0.329 e. The maximum atomic E-state index is 5.52. The van der Waals surface area contributed by atoms with Crippen molar-refractivity contribution in [3.05, 3.63) is 12.7 Å². The van der Waals surface area contributed by atoms with Crippen molar-refractivity contribution in [3.63, 3.8) is 0 Å². The molecule has 0 saturated carbocycles. The van der Waals surface area contributed by atoms with E-state index in [1.54, 1.807) is 0 Å². The Balaban J connectivity index is 3.13. The quantitative estimate of drug-likeness (QED) is 0.430. The van der Waals surface area contributed by atoms with Gasteiger partial charge in [-0.05, 0) is 25.8 Å². The van der Waals surface area contributed by atoms with E-state index in [-0.39, 0.29) is 0 Å². The van der Waals surface area contributed by atoms with E-state index in [4.69, 9.17) is 5.73 Å². The number of allylic oxidation sites excluding steroid dienone is 1. The van der Waals surface area contributed by atoms with Crippen molar-refractivity contribution in [2.75, 3.05) is 13.1 Å². The first-order valence-corrected chi connectivity index (χ1v) is 4.39. The molecule has 0 aliphatic carbocycles. The molecule has 1 unspecified atom stereocenters. The van der Waals surface area contributed by atoms with Crippen LogP contribution in [0.4, 0.5) is 0 Å². The fourth-order valence-corrected chi connectivity index (χ4v) is 0.947. The van der Waals surface area contributed by atoms with Gasteiger partial charge in [0.05, 0.1) is 0 Å². The molecule has 0 aliphatic rings. The lowest BCUT2D eigenvalue weighted by molar-refractivity contribution is 0.500. The molecule has 0 amide bonds. The van der Waals surface area contributed by atoms with E-state index >= 15 is 0 Å². The molecule has 0 spiro atoms. The molecule has 0 aromatic heterocycles. The van der Waals surface area contributed by atoms with Gasteiger partial charge in [0.25, 0.3) is 0 Å². The van der Waals surface area contributed by atoms with E-state index in [0.717, 1.165) is 25.9 Å². The molecule has 0 aromatic rings. The molecule has 2 nitrogen and oxygen atoms in total. The summed E-state index contributed by atoms with van der Waals surface area (Å²) in [6.45, 7) is 7.61. The fourth-order valence-electron chi connectivity index (χ4n) is 0.947. The lowest BCUT2D eigenvalue weighted by atomic mass is 10.2. The smallest absolute Gasteiger partial charge is 0.0187 e. The largest absolute Gasteiger partial charge is 0.329 e. The summed E-state index contributed by atoms with van der Waals surface area (Å²) in [5.41, 5.74) is 5.52. The molecule has 0 saturated heterocycles. The van der Waals surface area contributed by atoms with E-state index < -0.39 is 0 Å². The van der Waals surface area contributed by atoms with Crippen LogP contribution in [0.2, 0.25) is 0 Å². The molecule has 0 aliphatic heterocycles. The predicted molar refractivity (Wildman–Crippen MR) is 50.6 cm³/mol. The van der Waals surface area contributed by atoms with Crippen LogP contribution in [0.1, 0.15) is 26.2 Å². The summed E-state index contributed by atoms with van der Waals surface area (Å²) in [6.07, 6.45) is 5.32. The standard InChI is InChI=1S/C9H20N2/c1-3-5-6-7-11-9(4-2)8-10/h3,9,11H,1,4-8,10H2,2H3. The van der Waals surface area contributed by atoms with Gasteiger partial charge in [0.2, 0.25) is 0 Å². The minimum absolute atomic E-state index is 0.500. The molecule has 0 rings (SSSR count). The molecule has 3 N–H and O–H groups in total. The molecular weight excluding hydrogens is 136 g/mol. The zero-order valence-electron chi connectivity index (χ0n) is 7.47. The Labute approximate surface area is 69.9 Å². The summed E-state index contributed by atoms with van der Waals surface area (Å²) in [5.74, 6) is 0. The monoisotopic (exact) mass is 156 g/mol. The second kappa shape index (κ2) is 7.76. The molecule has 0 aromatic carbocycles. The SMILES string of the molecule is C=CCCCNC(CC)CN. The van der Waals surface area contributed by atoms with Gasteiger partial charge in [-0.15, -0.1) is 6.58 Å². The Morgan fingerprint density at radius 1 is 1.64 bits per heavy atom. The number of unbranched alkanes of at least 4 members (excludes halogenated alkanes) is 1. The average molecular weight is 156 g/mol. The summed E-state index contributed by atoms with van der Waals surface area (Å²) < 4.78 is 0. The fraction of sp³-hybridized carbons (Fsp3) is 0.778. The number of nitrogens with one attached hydrogen (secondary N) is 1. The highest BCUT2D eigenvalue weighted by Gasteiger charge is 1.99. The van der Waals surface area contributed by atoms with Crippen molar-refractivity contribution < 1.29 is 0 Å². The summed E-state index contributed by atoms with van der Waals surface area (Å²) in [6, 6.07) is 0.500. The van der Waals surface area contributed by atoms with Crippen molar-refractivity contribution in [1.82, 2.24) is 5.32 Å². The first-order valence-electron chi connectivity index (χ1n) is 4.39. The van der Waals surface area contributed by atoms with Crippen LogP contribution in [0.15, 0.2) is 12.7 Å². The first kappa shape index (κ1) is 10.7. The predicted octanol–water partition coefficient (Wildman–Crippen LogP) is 1.28. The molecule has 2 heteroatoms. The Kier molecular flexibility index (Phi) is 7.52. The van der Waals surface area contributed by atoms with Gasteiger partial charge in [-0.1, -0.05) is 13.0 Å². The van der Waals surface area contributed by atoms with Gasteiger partial charge in [-0.3, -0.25) is 0 Å². The normalized spacial score (nSPS) is 12.9. The van der Waals surface area contributed by atoms with Gasteiger partial charge in [-0.2, -0.15) is 0 Å². The van der Waals surface area contributed by atoms with Crippen LogP contribution in [0, 0.1) is 0 Å². The average Bonchev–Trinajstić information content (AvgIpc) is 2.05. The topological polar surface area (TPSA) is 38.0 Å². The number of rotatable bonds is 7. The second-order valence-electron chi connectivity index (χ2n) is 2.73. The van der Waals surface area contributed by atoms with Gasteiger partial charge in [0.15, 0.2) is 0 Å². The molecule has 0 bridgehead atoms. The van der Waals surface area contributed by atoms with Gasteiger partial charge in [-0.25, -0.2) is 0 Å². The van der Waals surface area contributed by atoms with Crippen molar-refractivity contribution >= 4 is 0 Å². The van der Waals surface area contributed by atoms with Crippen molar-refractivity contribution in [3.8, 4) is 0 Å². The lowest BCUT2D eigenvalue weighted by Crippen LogP contribution is -2.35. The molecule has 11 heavy (non-hydrogen) atoms. The highest BCUT2D eigenvalue weighted by atomic mass is 14.9. The molecule has 1 atom stereocenters. The van der Waals surface area contributed by atoms with Gasteiger partial charge in [0, 0.05) is 12.6 Å². The first-order chi connectivity index (χ1) is 5.35. The van der Waals surface area contributed by atoms with E-state index in [9.17, 15) is 0 Å². The van der Waals surface area contributed by atoms with E-state index in [0.29, 0.717) is 6.04 Å². The molecule has 66 valence electrons. The third-order valence-electron chi connectivity index (χ3n) is 1.80. The zero-order chi connectivity index (χ0) is 8.53. The maximum absolute atomic E-state index is 5.52. The van der Waals surface area contributed by atoms with Gasteiger partial charge < -0.3 is 11.1 Å². The summed E-state index contributed by atoms with van der Waals surface area (Å²) in [5, 5.41) is 3.38. The Bertz CT molecular complexity index is 87.6. The van der Waals surface area contributed by atoms with Gasteiger partial charge in [0.1, 0.15) is 0 Å². The summed E-state index contributed by atoms with van der Waals surface area (Å²) in [7, 11) is 0. The van der Waals surface area contributed by atoms with E-state index in [1.807, 2.05) is 6.08 Å². The Morgan fingerprint density at radius 3 is 2.82 bits per heavy atom. The number of nitrogens with two attached hydrogens (primary N) is 1. The van der Waals surface area contributed by atoms with Crippen LogP contribution >= 0.6 is 0 Å². The van der Waals surface area contributed by atoms with Gasteiger partial charge >= 0.3 is 0 Å². The van der Waals surface area contributed by atoms with E-state index in [2.05, 4.69) is 18.8 Å². The zero-order valence-corrected chi connectivity index (χ0v) is 7.47. The molecule has 0 fully saturated rings. The Morgan fingerprint density at radius 2 is 2.36 bits per heavy atom. The summed E-state index contributed by atoms with van der Waals surface area (Å²) >= 11 is 0. The van der Waals surface area contributed by atoms with Crippen LogP contribution in [0.3, 0.4) is 0 Å². The van der Waals surface area contributed by atoms with Crippen LogP contribution < -0.4 is 11.1 Å². The van der Waals surface area contributed by atoms with Crippen LogP contribution in [0.25, 0.3) is 0 Å². The van der Waals surface area contributed by atoms with Crippen molar-refractivity contribution in [1.29, 1.82) is 0 Å². The third-order valence-corrected chi connectivity index (χ3v) is 1.80. The molecule has 0 heterocycles. The minimum atomic E-state index is 0.500. The summed E-state index contributed by atoms with van der Waals surface area (Å²) in [4.78, 5) is 0.